The van der Waals surface area contributed by atoms with Crippen LogP contribution in [0.15, 0.2) is 47.2 Å². The molecule has 1 amide bonds. The summed E-state index contributed by atoms with van der Waals surface area (Å²) >= 11 is 1.52. The second-order valence-corrected chi connectivity index (χ2v) is 6.36. The first-order valence-electron chi connectivity index (χ1n) is 7.92. The molecule has 136 valence electrons. The Morgan fingerprint density at radius 3 is 2.50 bits per heavy atom. The van der Waals surface area contributed by atoms with Crippen molar-refractivity contribution in [3.8, 4) is 0 Å². The number of carbonyl (C=O) groups is 3. The zero-order chi connectivity index (χ0) is 18.9. The van der Waals surface area contributed by atoms with Crippen molar-refractivity contribution in [2.45, 2.75) is 20.0 Å². The van der Waals surface area contributed by atoms with Crippen LogP contribution in [0.3, 0.4) is 0 Å². The lowest BCUT2D eigenvalue weighted by Gasteiger charge is -2.09. The van der Waals surface area contributed by atoms with Crippen molar-refractivity contribution in [1.82, 2.24) is 0 Å². The van der Waals surface area contributed by atoms with Gasteiger partial charge in [0.05, 0.1) is 11.7 Å². The molecule has 7 heteroatoms. The molecule has 0 saturated carbocycles. The number of hydrogen-bond donors (Lipinski definition) is 1. The highest BCUT2D eigenvalue weighted by Crippen LogP contribution is 2.11. The molecule has 1 N–H and O–H groups in total. The van der Waals surface area contributed by atoms with E-state index in [1.165, 1.54) is 17.4 Å². The van der Waals surface area contributed by atoms with Crippen LogP contribution in [0, 0.1) is 0 Å². The maximum atomic E-state index is 11.8. The molecule has 6 nitrogen and oxygen atoms in total. The Kier molecular flexibility index (Phi) is 7.11. The highest BCUT2D eigenvalue weighted by Gasteiger charge is 2.10. The molecule has 0 spiro atoms. The number of ether oxygens (including phenoxy) is 2. The topological polar surface area (TPSA) is 81.7 Å². The van der Waals surface area contributed by atoms with Gasteiger partial charge >= 0.3 is 11.9 Å². The quantitative estimate of drug-likeness (QED) is 0.593. The van der Waals surface area contributed by atoms with Crippen LogP contribution < -0.4 is 5.32 Å². The van der Waals surface area contributed by atoms with Crippen molar-refractivity contribution in [3.05, 3.63) is 58.3 Å². The molecule has 0 bridgehead atoms. The molecule has 1 aromatic heterocycles. The SMILES string of the molecule is CC(C)OC(=O)c1ccc(NC(=O)COC(=O)/C=C/c2ccsc2)cc1. The van der Waals surface area contributed by atoms with Gasteiger partial charge in [-0.15, -0.1) is 0 Å². The minimum atomic E-state index is -0.599. The number of esters is 2. The molecule has 1 aromatic carbocycles. The van der Waals surface area contributed by atoms with Gasteiger partial charge in [-0.3, -0.25) is 4.79 Å². The highest BCUT2D eigenvalue weighted by atomic mass is 32.1. The minimum absolute atomic E-state index is 0.203. The monoisotopic (exact) mass is 373 g/mol. The lowest BCUT2D eigenvalue weighted by atomic mass is 10.2. The van der Waals surface area contributed by atoms with Crippen molar-refractivity contribution in [2.75, 3.05) is 11.9 Å². The van der Waals surface area contributed by atoms with Gasteiger partial charge in [0.2, 0.25) is 0 Å². The van der Waals surface area contributed by atoms with Gasteiger partial charge in [0.15, 0.2) is 6.61 Å². The Labute approximate surface area is 155 Å². The summed E-state index contributed by atoms with van der Waals surface area (Å²) in [6.07, 6.45) is 2.68. The van der Waals surface area contributed by atoms with Crippen molar-refractivity contribution in [1.29, 1.82) is 0 Å². The molecule has 0 fully saturated rings. The fourth-order valence-electron chi connectivity index (χ4n) is 1.89. The fraction of sp³-hybridized carbons (Fsp3) is 0.211. The highest BCUT2D eigenvalue weighted by molar-refractivity contribution is 7.08. The number of rotatable bonds is 7. The standard InChI is InChI=1S/C19H19NO5S/c1-13(2)25-19(23)15-4-6-16(7-5-15)20-17(21)11-24-18(22)8-3-14-9-10-26-12-14/h3-10,12-13H,11H2,1-2H3,(H,20,21)/b8-3+. The van der Waals surface area contributed by atoms with E-state index in [4.69, 9.17) is 9.47 Å². The Morgan fingerprint density at radius 2 is 1.88 bits per heavy atom. The Hall–Kier alpha value is -2.93. The van der Waals surface area contributed by atoms with Gasteiger partial charge < -0.3 is 14.8 Å². The van der Waals surface area contributed by atoms with Gasteiger partial charge in [0.25, 0.3) is 5.91 Å². The predicted octanol–water partition coefficient (Wildman–Crippen LogP) is 3.51. The summed E-state index contributed by atoms with van der Waals surface area (Å²) in [7, 11) is 0. The number of anilines is 1. The first-order valence-corrected chi connectivity index (χ1v) is 8.86. The number of thiophene rings is 1. The van der Waals surface area contributed by atoms with Gasteiger partial charge in [0, 0.05) is 11.8 Å². The summed E-state index contributed by atoms with van der Waals surface area (Å²) in [4.78, 5) is 35.1. The van der Waals surface area contributed by atoms with E-state index < -0.39 is 24.5 Å². The summed E-state index contributed by atoms with van der Waals surface area (Å²) in [5, 5.41) is 6.36. The van der Waals surface area contributed by atoms with Crippen LogP contribution >= 0.6 is 11.3 Å². The van der Waals surface area contributed by atoms with Crippen LogP contribution in [0.1, 0.15) is 29.8 Å². The summed E-state index contributed by atoms with van der Waals surface area (Å²) in [5.74, 6) is -1.50. The second-order valence-electron chi connectivity index (χ2n) is 5.58. The summed E-state index contributed by atoms with van der Waals surface area (Å²) in [6.45, 7) is 3.14. The normalized spacial score (nSPS) is 10.7. The molecular formula is C19H19NO5S. The smallest absolute Gasteiger partial charge is 0.338 e. The zero-order valence-electron chi connectivity index (χ0n) is 14.4. The van der Waals surface area contributed by atoms with Gasteiger partial charge in [-0.05, 0) is 66.6 Å². The van der Waals surface area contributed by atoms with E-state index >= 15 is 0 Å². The van der Waals surface area contributed by atoms with E-state index in [-0.39, 0.29) is 6.10 Å². The van der Waals surface area contributed by atoms with E-state index in [0.29, 0.717) is 11.3 Å². The van der Waals surface area contributed by atoms with E-state index in [0.717, 1.165) is 5.56 Å². The predicted molar refractivity (Wildman–Crippen MR) is 99.9 cm³/mol. The zero-order valence-corrected chi connectivity index (χ0v) is 15.2. The second kappa shape index (κ2) is 9.53. The molecule has 2 rings (SSSR count). The summed E-state index contributed by atoms with van der Waals surface area (Å²) in [6, 6.07) is 8.12. The van der Waals surface area contributed by atoms with Crippen LogP contribution in [0.2, 0.25) is 0 Å². The lowest BCUT2D eigenvalue weighted by molar-refractivity contribution is -0.142. The fourth-order valence-corrected chi connectivity index (χ4v) is 2.52. The van der Waals surface area contributed by atoms with Crippen molar-refractivity contribution in [3.63, 3.8) is 0 Å². The van der Waals surface area contributed by atoms with E-state index in [9.17, 15) is 14.4 Å². The molecule has 26 heavy (non-hydrogen) atoms. The third-order valence-electron chi connectivity index (χ3n) is 3.05. The van der Waals surface area contributed by atoms with Crippen LogP contribution in [0.5, 0.6) is 0 Å². The Bertz CT molecular complexity index is 779. The first kappa shape index (κ1) is 19.4. The maximum Gasteiger partial charge on any atom is 0.338 e. The molecule has 0 saturated heterocycles. The average Bonchev–Trinajstić information content (AvgIpc) is 3.11. The molecule has 2 aromatic rings. The number of carbonyl (C=O) groups excluding carboxylic acids is 3. The van der Waals surface area contributed by atoms with Crippen LogP contribution in [-0.4, -0.2) is 30.6 Å². The van der Waals surface area contributed by atoms with Crippen LogP contribution in [0.25, 0.3) is 6.08 Å². The molecular weight excluding hydrogens is 354 g/mol. The minimum Gasteiger partial charge on any atom is -0.459 e. The molecule has 0 aliphatic rings. The Morgan fingerprint density at radius 1 is 1.15 bits per heavy atom. The van der Waals surface area contributed by atoms with E-state index in [1.54, 1.807) is 44.2 Å². The molecule has 0 aliphatic carbocycles. The third kappa shape index (κ3) is 6.52. The van der Waals surface area contributed by atoms with Crippen LogP contribution in [0.4, 0.5) is 5.69 Å². The largest absolute Gasteiger partial charge is 0.459 e. The molecule has 0 radical (unpaired) electrons. The van der Waals surface area contributed by atoms with Gasteiger partial charge in [0.1, 0.15) is 0 Å². The van der Waals surface area contributed by atoms with Crippen molar-refractivity contribution in [2.24, 2.45) is 0 Å². The number of benzene rings is 1. The van der Waals surface area contributed by atoms with Crippen LogP contribution in [-0.2, 0) is 19.1 Å². The van der Waals surface area contributed by atoms with Gasteiger partial charge in [-0.25, -0.2) is 9.59 Å². The molecule has 0 aliphatic heterocycles. The summed E-state index contributed by atoms with van der Waals surface area (Å²) < 4.78 is 9.95. The lowest BCUT2D eigenvalue weighted by Crippen LogP contribution is -2.20. The number of amides is 1. The number of nitrogens with one attached hydrogen (secondary N) is 1. The molecule has 1 heterocycles. The van der Waals surface area contributed by atoms with Crippen molar-refractivity contribution < 1.29 is 23.9 Å². The Balaban J connectivity index is 1.78. The summed E-state index contributed by atoms with van der Waals surface area (Å²) in [5.41, 5.74) is 1.77. The number of hydrogen-bond acceptors (Lipinski definition) is 6. The maximum absolute atomic E-state index is 11.8. The third-order valence-corrected chi connectivity index (χ3v) is 3.75. The van der Waals surface area contributed by atoms with Gasteiger partial charge in [-0.1, -0.05) is 0 Å². The van der Waals surface area contributed by atoms with Crippen molar-refractivity contribution >= 4 is 40.9 Å². The van der Waals surface area contributed by atoms with E-state index in [2.05, 4.69) is 5.32 Å². The van der Waals surface area contributed by atoms with Gasteiger partial charge in [-0.2, -0.15) is 11.3 Å². The molecule has 0 unspecified atom stereocenters. The first-order chi connectivity index (χ1) is 12.4. The average molecular weight is 373 g/mol. The van der Waals surface area contributed by atoms with E-state index in [1.807, 2.05) is 16.8 Å². The molecule has 0 atom stereocenters.